The second-order valence-electron chi connectivity index (χ2n) is 12.1. The predicted octanol–water partition coefficient (Wildman–Crippen LogP) is 4.60. The SMILES string of the molecule is C=C(c1cc2cnc(Nc3ccc(N4CCNCC4)c(C)c3)nc2n(C2Cc3ccccc3CC2=O)c1=O)C1CCOCC1. The van der Waals surface area contributed by atoms with E-state index in [4.69, 9.17) is 9.72 Å². The van der Waals surface area contributed by atoms with Gasteiger partial charge in [-0.3, -0.25) is 14.2 Å². The van der Waals surface area contributed by atoms with Crippen LogP contribution in [-0.4, -0.2) is 59.7 Å². The predicted molar refractivity (Wildman–Crippen MR) is 174 cm³/mol. The van der Waals surface area contributed by atoms with Crippen molar-refractivity contribution in [3.05, 3.63) is 93.9 Å². The number of anilines is 3. The van der Waals surface area contributed by atoms with Gasteiger partial charge in [-0.15, -0.1) is 0 Å². The van der Waals surface area contributed by atoms with Gasteiger partial charge in [0.25, 0.3) is 5.56 Å². The smallest absolute Gasteiger partial charge is 0.260 e. The van der Waals surface area contributed by atoms with Crippen LogP contribution in [0.1, 0.15) is 41.1 Å². The molecule has 0 saturated carbocycles. The minimum Gasteiger partial charge on any atom is -0.381 e. The third kappa shape index (κ3) is 5.42. The summed E-state index contributed by atoms with van der Waals surface area (Å²) in [5, 5.41) is 7.45. The quantitative estimate of drug-likeness (QED) is 0.336. The van der Waals surface area contributed by atoms with Crippen molar-refractivity contribution in [1.82, 2.24) is 19.9 Å². The molecule has 0 radical (unpaired) electrons. The van der Waals surface area contributed by atoms with Gasteiger partial charge in [0.15, 0.2) is 5.78 Å². The summed E-state index contributed by atoms with van der Waals surface area (Å²) in [6.07, 6.45) is 4.10. The highest BCUT2D eigenvalue weighted by atomic mass is 16.5. The molecule has 4 aromatic rings. The number of carbonyl (C=O) groups excluding carboxylic acids is 1. The van der Waals surface area contributed by atoms with Gasteiger partial charge in [-0.1, -0.05) is 30.8 Å². The van der Waals surface area contributed by atoms with Crippen LogP contribution < -0.4 is 21.1 Å². The number of nitrogens with one attached hydrogen (secondary N) is 2. The molecule has 9 heteroatoms. The van der Waals surface area contributed by atoms with E-state index in [1.807, 2.05) is 36.4 Å². The highest BCUT2D eigenvalue weighted by molar-refractivity contribution is 5.90. The number of Topliss-reactive ketones (excluding diaryl/α,β-unsaturated/α-hetero) is 1. The zero-order chi connectivity index (χ0) is 30.2. The molecule has 1 atom stereocenters. The fraction of sp³-hybridized carbons (Fsp3) is 0.371. The summed E-state index contributed by atoms with van der Waals surface area (Å²) in [7, 11) is 0. The number of hydrogen-bond acceptors (Lipinski definition) is 8. The number of pyridine rings is 1. The first kappa shape index (κ1) is 28.4. The van der Waals surface area contributed by atoms with Gasteiger partial charge in [0.2, 0.25) is 5.95 Å². The molecule has 0 spiro atoms. The van der Waals surface area contributed by atoms with Gasteiger partial charge < -0.3 is 20.3 Å². The lowest BCUT2D eigenvalue weighted by Gasteiger charge is -2.31. The molecule has 0 amide bonds. The molecule has 2 N–H and O–H groups in total. The largest absolute Gasteiger partial charge is 0.381 e. The first-order valence-electron chi connectivity index (χ1n) is 15.6. The molecule has 1 aliphatic carbocycles. The average molecular weight is 591 g/mol. The molecular weight excluding hydrogens is 552 g/mol. The summed E-state index contributed by atoms with van der Waals surface area (Å²) in [4.78, 5) is 39.9. The maximum Gasteiger partial charge on any atom is 0.260 e. The Morgan fingerprint density at radius 1 is 1.05 bits per heavy atom. The van der Waals surface area contributed by atoms with Crippen molar-refractivity contribution in [2.75, 3.05) is 49.6 Å². The van der Waals surface area contributed by atoms with Gasteiger partial charge >= 0.3 is 0 Å². The fourth-order valence-corrected chi connectivity index (χ4v) is 6.88. The number of aromatic nitrogens is 3. The normalized spacial score (nSPS) is 19.2. The first-order chi connectivity index (χ1) is 21.5. The number of ketones is 1. The van der Waals surface area contributed by atoms with E-state index >= 15 is 0 Å². The highest BCUT2D eigenvalue weighted by Gasteiger charge is 2.32. The van der Waals surface area contributed by atoms with Crippen LogP contribution in [0.2, 0.25) is 0 Å². The van der Waals surface area contributed by atoms with Gasteiger partial charge in [0.1, 0.15) is 11.7 Å². The topological polar surface area (TPSA) is 101 Å². The van der Waals surface area contributed by atoms with Gasteiger partial charge in [-0.05, 0) is 72.2 Å². The van der Waals surface area contributed by atoms with Crippen LogP contribution in [0.25, 0.3) is 16.6 Å². The van der Waals surface area contributed by atoms with Crippen molar-refractivity contribution < 1.29 is 9.53 Å². The summed E-state index contributed by atoms with van der Waals surface area (Å²) in [5.41, 5.74) is 6.89. The van der Waals surface area contributed by atoms with Gasteiger partial charge in [0.05, 0.1) is 0 Å². The number of nitrogens with zero attached hydrogens (tertiary/aromatic N) is 4. The van der Waals surface area contributed by atoms with Crippen molar-refractivity contribution in [3.8, 4) is 0 Å². The van der Waals surface area contributed by atoms with Crippen LogP contribution >= 0.6 is 0 Å². The molecule has 226 valence electrons. The van der Waals surface area contributed by atoms with Crippen LogP contribution in [-0.2, 0) is 22.4 Å². The summed E-state index contributed by atoms with van der Waals surface area (Å²) in [6.45, 7) is 11.7. The van der Waals surface area contributed by atoms with Gasteiger partial charge in [-0.25, -0.2) is 4.98 Å². The molecule has 4 heterocycles. The number of hydrogen-bond donors (Lipinski definition) is 2. The summed E-state index contributed by atoms with van der Waals surface area (Å²) in [6, 6.07) is 15.4. The Bertz CT molecular complexity index is 1800. The van der Waals surface area contributed by atoms with Crippen LogP contribution in [0.5, 0.6) is 0 Å². The molecule has 2 aromatic carbocycles. The number of piperazine rings is 1. The fourth-order valence-electron chi connectivity index (χ4n) is 6.88. The molecule has 7 rings (SSSR count). The molecule has 2 saturated heterocycles. The molecule has 9 nitrogen and oxygen atoms in total. The third-order valence-corrected chi connectivity index (χ3v) is 9.32. The van der Waals surface area contributed by atoms with E-state index < -0.39 is 6.04 Å². The van der Waals surface area contributed by atoms with Crippen molar-refractivity contribution in [1.29, 1.82) is 0 Å². The molecule has 2 fully saturated rings. The number of benzene rings is 2. The lowest BCUT2D eigenvalue weighted by atomic mass is 9.86. The van der Waals surface area contributed by atoms with E-state index in [1.54, 1.807) is 10.8 Å². The number of ether oxygens (including phenoxy) is 1. The van der Waals surface area contributed by atoms with E-state index in [1.165, 1.54) is 5.69 Å². The number of aryl methyl sites for hydroxylation is 1. The van der Waals surface area contributed by atoms with Gasteiger partial charge in [-0.2, -0.15) is 4.98 Å². The molecule has 2 aromatic heterocycles. The molecule has 3 aliphatic rings. The summed E-state index contributed by atoms with van der Waals surface area (Å²) < 4.78 is 7.17. The Kier molecular flexibility index (Phi) is 7.74. The number of fused-ring (bicyclic) bond motifs is 2. The minimum absolute atomic E-state index is 0.00757. The number of rotatable bonds is 6. The molecule has 44 heavy (non-hydrogen) atoms. The molecule has 0 bridgehead atoms. The van der Waals surface area contributed by atoms with E-state index in [9.17, 15) is 9.59 Å². The second-order valence-corrected chi connectivity index (χ2v) is 12.1. The number of carbonyl (C=O) groups is 1. The van der Waals surface area contributed by atoms with Crippen molar-refractivity contribution >= 4 is 39.7 Å². The summed E-state index contributed by atoms with van der Waals surface area (Å²) >= 11 is 0. The van der Waals surface area contributed by atoms with Crippen molar-refractivity contribution in [2.45, 2.75) is 38.6 Å². The van der Waals surface area contributed by atoms with Gasteiger partial charge in [0, 0.05) is 80.8 Å². The van der Waals surface area contributed by atoms with Crippen LogP contribution in [0.15, 0.2) is 66.1 Å². The Morgan fingerprint density at radius 3 is 2.59 bits per heavy atom. The Hall–Kier alpha value is -4.34. The van der Waals surface area contributed by atoms with Crippen molar-refractivity contribution in [3.63, 3.8) is 0 Å². The summed E-state index contributed by atoms with van der Waals surface area (Å²) in [5.74, 6) is 0.534. The van der Waals surface area contributed by atoms with E-state index in [0.717, 1.165) is 67.0 Å². The minimum atomic E-state index is -0.661. The third-order valence-electron chi connectivity index (χ3n) is 9.32. The van der Waals surface area contributed by atoms with Crippen molar-refractivity contribution in [2.24, 2.45) is 5.92 Å². The van der Waals surface area contributed by atoms with Crippen LogP contribution in [0.4, 0.5) is 17.3 Å². The second kappa shape index (κ2) is 12.0. The highest BCUT2D eigenvalue weighted by Crippen LogP contribution is 2.33. The average Bonchev–Trinajstić information content (AvgIpc) is 3.05. The Labute approximate surface area is 257 Å². The monoisotopic (exact) mass is 590 g/mol. The zero-order valence-electron chi connectivity index (χ0n) is 25.1. The first-order valence-corrected chi connectivity index (χ1v) is 15.6. The molecular formula is C35H38N6O3. The lowest BCUT2D eigenvalue weighted by molar-refractivity contribution is -0.122. The van der Waals surface area contributed by atoms with Crippen LogP contribution in [0.3, 0.4) is 0 Å². The number of allylic oxidation sites excluding steroid dienone is 1. The molecule has 2 aliphatic heterocycles. The van der Waals surface area contributed by atoms with Crippen LogP contribution in [0, 0.1) is 12.8 Å². The standard InChI is InChI=1S/C35H38N6O3/c1-22-17-28(7-8-30(22)40-13-11-36-12-14-40)38-35-37-21-27-18-29(23(2)24-9-15-44-16-10-24)34(43)41(33(27)39-35)31-19-25-5-3-4-6-26(25)20-32(31)42/h3-8,17-18,21,24,31,36H,2,9-16,19-20H2,1H3,(H,37,38,39). The van der Waals surface area contributed by atoms with E-state index in [0.29, 0.717) is 42.2 Å². The maximum absolute atomic E-state index is 14.4. The molecule has 1 unspecified atom stereocenters. The lowest BCUT2D eigenvalue weighted by Crippen LogP contribution is -2.43. The van der Waals surface area contributed by atoms with E-state index in [-0.39, 0.29) is 23.7 Å². The Morgan fingerprint density at radius 2 is 1.82 bits per heavy atom. The Balaban J connectivity index is 1.28. The maximum atomic E-state index is 14.4. The van der Waals surface area contributed by atoms with E-state index in [2.05, 4.69) is 46.2 Å². The zero-order valence-corrected chi connectivity index (χ0v) is 25.1.